The minimum Gasteiger partial charge on any atom is -0.335 e. The van der Waals surface area contributed by atoms with Gasteiger partial charge in [0.05, 0.1) is 10.5 Å². The van der Waals surface area contributed by atoms with Crippen molar-refractivity contribution >= 4 is 27.1 Å². The number of carbonyl (C=O) groups excluding carboxylic acids is 1. The van der Waals surface area contributed by atoms with Gasteiger partial charge in [0.15, 0.2) is 0 Å². The van der Waals surface area contributed by atoms with Crippen LogP contribution >= 0.6 is 11.3 Å². The van der Waals surface area contributed by atoms with E-state index in [1.54, 1.807) is 16.2 Å². The van der Waals surface area contributed by atoms with Gasteiger partial charge in [-0.15, -0.1) is 11.3 Å². The van der Waals surface area contributed by atoms with Crippen molar-refractivity contribution in [3.63, 3.8) is 0 Å². The number of carbonyl (C=O) groups is 1. The highest BCUT2D eigenvalue weighted by Gasteiger charge is 2.36. The van der Waals surface area contributed by atoms with Crippen molar-refractivity contribution in [2.45, 2.75) is 36.0 Å². The van der Waals surface area contributed by atoms with E-state index < -0.39 is 26.4 Å². The van der Waals surface area contributed by atoms with E-state index in [1.165, 1.54) is 18.2 Å². The molecule has 4 nitrogen and oxygen atoms in total. The van der Waals surface area contributed by atoms with E-state index in [2.05, 4.69) is 0 Å². The lowest BCUT2D eigenvalue weighted by Gasteiger charge is -2.23. The molecular formula is C17H17F2NO3S2. The maximum atomic E-state index is 12.9. The predicted molar refractivity (Wildman–Crippen MR) is 91.7 cm³/mol. The summed E-state index contributed by atoms with van der Waals surface area (Å²) >= 11 is 1.58. The average Bonchev–Trinajstić information content (AvgIpc) is 3.29. The first-order valence-corrected chi connectivity index (χ1v) is 10.3. The lowest BCUT2D eigenvalue weighted by atomic mass is 10.2. The van der Waals surface area contributed by atoms with Crippen LogP contribution in [0, 0.1) is 0 Å². The first-order valence-electron chi connectivity index (χ1n) is 7.85. The fraction of sp³-hybridized carbons (Fsp3) is 0.353. The highest BCUT2D eigenvalue weighted by molar-refractivity contribution is 7.91. The number of hydrogen-bond donors (Lipinski definition) is 0. The van der Waals surface area contributed by atoms with Crippen LogP contribution in [-0.2, 0) is 16.3 Å². The number of amides is 1. The first-order chi connectivity index (χ1) is 11.9. The third kappa shape index (κ3) is 3.90. The molecule has 1 fully saturated rings. The summed E-state index contributed by atoms with van der Waals surface area (Å²) in [4.78, 5) is 15.0. The number of benzene rings is 1. The molecule has 0 unspecified atom stereocenters. The molecule has 0 bridgehead atoms. The quantitative estimate of drug-likeness (QED) is 0.732. The van der Waals surface area contributed by atoms with Crippen molar-refractivity contribution in [2.75, 3.05) is 6.54 Å². The number of nitrogens with zero attached hydrogens (tertiary/aromatic N) is 1. The Hall–Kier alpha value is -1.80. The van der Waals surface area contributed by atoms with Crippen molar-refractivity contribution < 1.29 is 22.0 Å². The van der Waals surface area contributed by atoms with Crippen LogP contribution in [0.1, 0.15) is 28.1 Å². The van der Waals surface area contributed by atoms with Gasteiger partial charge in [-0.1, -0.05) is 18.2 Å². The zero-order chi connectivity index (χ0) is 18.0. The molecule has 0 N–H and O–H groups in total. The summed E-state index contributed by atoms with van der Waals surface area (Å²) in [6, 6.07) is 9.15. The predicted octanol–water partition coefficient (Wildman–Crippen LogP) is 3.59. The van der Waals surface area contributed by atoms with Gasteiger partial charge >= 0.3 is 5.76 Å². The van der Waals surface area contributed by atoms with Crippen molar-refractivity contribution in [1.82, 2.24) is 4.90 Å². The molecular weight excluding hydrogens is 368 g/mol. The molecule has 1 aromatic heterocycles. The van der Waals surface area contributed by atoms with E-state index in [0.717, 1.165) is 23.8 Å². The van der Waals surface area contributed by atoms with Crippen LogP contribution in [0.5, 0.6) is 0 Å². The number of hydrogen-bond acceptors (Lipinski definition) is 4. The Morgan fingerprint density at radius 1 is 1.20 bits per heavy atom. The fourth-order valence-electron chi connectivity index (χ4n) is 2.66. The van der Waals surface area contributed by atoms with Crippen molar-refractivity contribution in [3.8, 4) is 0 Å². The van der Waals surface area contributed by atoms with Crippen LogP contribution in [0.3, 0.4) is 0 Å². The molecule has 1 amide bonds. The molecule has 1 heterocycles. The smallest absolute Gasteiger partial charge is 0.335 e. The minimum absolute atomic E-state index is 0.0507. The van der Waals surface area contributed by atoms with Crippen LogP contribution in [0.2, 0.25) is 0 Å². The number of sulfone groups is 1. The molecule has 1 aliphatic rings. The Kier molecular flexibility index (Phi) is 5.19. The van der Waals surface area contributed by atoms with Gasteiger partial charge in [-0.25, -0.2) is 8.42 Å². The van der Waals surface area contributed by atoms with Gasteiger partial charge in [-0.2, -0.15) is 8.78 Å². The van der Waals surface area contributed by atoms with Crippen LogP contribution in [0.25, 0.3) is 0 Å². The molecule has 8 heteroatoms. The maximum absolute atomic E-state index is 12.9. The summed E-state index contributed by atoms with van der Waals surface area (Å²) in [7, 11) is -4.83. The molecule has 1 aliphatic carbocycles. The molecule has 25 heavy (non-hydrogen) atoms. The SMILES string of the molecule is O=C(c1ccccc1S(=O)(=O)C(F)F)N(CCc1cccs1)C1CC1. The first kappa shape index (κ1) is 18.0. The van der Waals surface area contributed by atoms with Crippen LogP contribution < -0.4 is 0 Å². The fourth-order valence-corrected chi connectivity index (χ4v) is 4.28. The second kappa shape index (κ2) is 7.21. The minimum atomic E-state index is -4.83. The summed E-state index contributed by atoms with van der Waals surface area (Å²) in [6.45, 7) is 0.438. The van der Waals surface area contributed by atoms with Gasteiger partial charge in [-0.3, -0.25) is 4.79 Å². The Balaban J connectivity index is 1.88. The molecule has 0 aliphatic heterocycles. The molecule has 0 spiro atoms. The molecule has 1 aromatic carbocycles. The van der Waals surface area contributed by atoms with E-state index in [4.69, 9.17) is 0 Å². The molecule has 134 valence electrons. The summed E-state index contributed by atoms with van der Waals surface area (Å²) in [5, 5.41) is 1.95. The molecule has 0 saturated heterocycles. The van der Waals surface area contributed by atoms with E-state index in [0.29, 0.717) is 13.0 Å². The number of halogens is 2. The van der Waals surface area contributed by atoms with Gasteiger partial charge in [0.1, 0.15) is 0 Å². The zero-order valence-corrected chi connectivity index (χ0v) is 14.9. The normalized spacial score (nSPS) is 14.7. The van der Waals surface area contributed by atoms with Crippen molar-refractivity contribution in [2.24, 2.45) is 0 Å². The Morgan fingerprint density at radius 2 is 1.92 bits per heavy atom. The monoisotopic (exact) mass is 385 g/mol. The zero-order valence-electron chi connectivity index (χ0n) is 13.3. The van der Waals surface area contributed by atoms with Crippen LogP contribution in [-0.4, -0.2) is 37.6 Å². The summed E-state index contributed by atoms with van der Waals surface area (Å²) < 4.78 is 49.7. The summed E-state index contributed by atoms with van der Waals surface area (Å²) in [5.74, 6) is -4.05. The highest BCUT2D eigenvalue weighted by atomic mass is 32.2. The standard InChI is InChI=1S/C17H17F2NO3S2/c18-17(19)25(22,23)15-6-2-1-5-14(15)16(21)20(12-7-8-12)10-9-13-4-3-11-24-13/h1-6,11-12,17H,7-10H2. The Morgan fingerprint density at radius 3 is 2.52 bits per heavy atom. The van der Waals surface area contributed by atoms with Gasteiger partial charge in [0.25, 0.3) is 5.91 Å². The maximum Gasteiger partial charge on any atom is 0.341 e. The summed E-state index contributed by atoms with van der Waals surface area (Å²) in [6.07, 6.45) is 2.35. The molecule has 3 rings (SSSR count). The van der Waals surface area contributed by atoms with Gasteiger partial charge in [-0.05, 0) is 42.8 Å². The van der Waals surface area contributed by atoms with Crippen molar-refractivity contribution in [1.29, 1.82) is 0 Å². The van der Waals surface area contributed by atoms with E-state index in [-0.39, 0.29) is 11.6 Å². The molecule has 0 atom stereocenters. The van der Waals surface area contributed by atoms with Crippen LogP contribution in [0.4, 0.5) is 8.78 Å². The van der Waals surface area contributed by atoms with Gasteiger partial charge in [0.2, 0.25) is 9.84 Å². The Bertz CT molecular complexity index is 847. The lowest BCUT2D eigenvalue weighted by Crippen LogP contribution is -2.36. The molecule has 2 aromatic rings. The number of alkyl halides is 2. The number of thiophene rings is 1. The third-order valence-electron chi connectivity index (χ3n) is 4.09. The average molecular weight is 385 g/mol. The van der Waals surface area contributed by atoms with E-state index in [1.807, 2.05) is 17.5 Å². The second-order valence-electron chi connectivity index (χ2n) is 5.86. The van der Waals surface area contributed by atoms with E-state index >= 15 is 0 Å². The number of rotatable bonds is 7. The summed E-state index contributed by atoms with van der Waals surface area (Å²) in [5.41, 5.74) is -0.180. The molecule has 0 radical (unpaired) electrons. The Labute approximate surface area is 149 Å². The van der Waals surface area contributed by atoms with E-state index in [9.17, 15) is 22.0 Å². The topological polar surface area (TPSA) is 54.5 Å². The largest absolute Gasteiger partial charge is 0.341 e. The highest BCUT2D eigenvalue weighted by Crippen LogP contribution is 2.31. The lowest BCUT2D eigenvalue weighted by molar-refractivity contribution is 0.0741. The van der Waals surface area contributed by atoms with Gasteiger partial charge < -0.3 is 4.90 Å². The van der Waals surface area contributed by atoms with Gasteiger partial charge in [0, 0.05) is 17.5 Å². The van der Waals surface area contributed by atoms with Crippen LogP contribution in [0.15, 0.2) is 46.7 Å². The third-order valence-corrected chi connectivity index (χ3v) is 6.46. The van der Waals surface area contributed by atoms with Crippen molar-refractivity contribution in [3.05, 3.63) is 52.2 Å². The second-order valence-corrected chi connectivity index (χ2v) is 8.78. The molecule has 1 saturated carbocycles.